The number of pyridine rings is 2. The number of aliphatic hydroxyl groups is 2. The maximum absolute atomic E-state index is 14.9. The standard InChI is InChI=1S/C30H26F2N6O4/c1-17-7-8-19(29(42)34-14-18-4-3-11-33-13-18)12-22(17)26-21-9-10-25(41)38(27-23(31)5-2-6-24(27)32)28(21)37-30(36-26)35-20(15-39)16-40/h2-13,20,39-40H,14-16H2,1H3,(H,34,42)(H,35,36,37). The van der Waals surface area contributed by atoms with Crippen LogP contribution >= 0.6 is 0 Å². The Morgan fingerprint density at radius 2 is 1.76 bits per heavy atom. The Labute approximate surface area is 238 Å². The predicted molar refractivity (Wildman–Crippen MR) is 152 cm³/mol. The Hall–Kier alpha value is -5.07. The van der Waals surface area contributed by atoms with Crippen molar-refractivity contribution in [3.8, 4) is 16.9 Å². The number of benzene rings is 2. The molecule has 12 heteroatoms. The van der Waals surface area contributed by atoms with E-state index in [0.717, 1.165) is 28.3 Å². The van der Waals surface area contributed by atoms with Crippen molar-refractivity contribution in [3.63, 3.8) is 0 Å². The first kappa shape index (κ1) is 28.5. The van der Waals surface area contributed by atoms with Crippen LogP contribution in [0.5, 0.6) is 0 Å². The first-order valence-corrected chi connectivity index (χ1v) is 12.9. The van der Waals surface area contributed by atoms with Crippen molar-refractivity contribution in [2.45, 2.75) is 19.5 Å². The highest BCUT2D eigenvalue weighted by molar-refractivity contribution is 5.98. The van der Waals surface area contributed by atoms with Crippen LogP contribution in [0.25, 0.3) is 28.0 Å². The molecule has 4 N–H and O–H groups in total. The smallest absolute Gasteiger partial charge is 0.256 e. The van der Waals surface area contributed by atoms with Gasteiger partial charge in [0, 0.05) is 41.5 Å². The number of nitrogens with one attached hydrogen (secondary N) is 2. The van der Waals surface area contributed by atoms with Crippen molar-refractivity contribution in [1.29, 1.82) is 0 Å². The summed E-state index contributed by atoms with van der Waals surface area (Å²) in [6.07, 6.45) is 3.28. The van der Waals surface area contributed by atoms with Crippen LogP contribution in [0.1, 0.15) is 21.5 Å². The van der Waals surface area contributed by atoms with Crippen LogP contribution in [0.2, 0.25) is 0 Å². The Balaban J connectivity index is 1.69. The molecule has 3 aromatic heterocycles. The van der Waals surface area contributed by atoms with E-state index in [1.165, 1.54) is 12.1 Å². The lowest BCUT2D eigenvalue weighted by atomic mass is 9.99. The lowest BCUT2D eigenvalue weighted by Crippen LogP contribution is -2.29. The number of carbonyl (C=O) groups excluding carboxylic acids is 1. The van der Waals surface area contributed by atoms with E-state index in [1.54, 1.807) is 43.6 Å². The molecule has 0 saturated carbocycles. The normalized spacial score (nSPS) is 11.2. The first-order valence-electron chi connectivity index (χ1n) is 12.9. The zero-order valence-corrected chi connectivity index (χ0v) is 22.4. The number of hydrogen-bond donors (Lipinski definition) is 4. The number of para-hydroxylation sites is 1. The van der Waals surface area contributed by atoms with Crippen molar-refractivity contribution in [1.82, 2.24) is 24.8 Å². The average molecular weight is 573 g/mol. The fourth-order valence-corrected chi connectivity index (χ4v) is 4.44. The minimum absolute atomic E-state index is 0.118. The Kier molecular flexibility index (Phi) is 8.27. The lowest BCUT2D eigenvalue weighted by molar-refractivity contribution is 0.0951. The monoisotopic (exact) mass is 572 g/mol. The van der Waals surface area contributed by atoms with Gasteiger partial charge in [-0.05, 0) is 54.4 Å². The van der Waals surface area contributed by atoms with E-state index >= 15 is 0 Å². The fraction of sp³-hybridized carbons (Fsp3) is 0.167. The summed E-state index contributed by atoms with van der Waals surface area (Å²) in [5.41, 5.74) is 1.09. The van der Waals surface area contributed by atoms with E-state index in [1.807, 2.05) is 6.07 Å². The highest BCUT2D eigenvalue weighted by Gasteiger charge is 2.22. The van der Waals surface area contributed by atoms with Crippen molar-refractivity contribution < 1.29 is 23.8 Å². The van der Waals surface area contributed by atoms with Gasteiger partial charge in [0.1, 0.15) is 17.3 Å². The molecular weight excluding hydrogens is 546 g/mol. The summed E-state index contributed by atoms with van der Waals surface area (Å²) < 4.78 is 30.6. The number of hydrogen-bond acceptors (Lipinski definition) is 8. The minimum Gasteiger partial charge on any atom is -0.394 e. The third kappa shape index (κ3) is 5.71. The summed E-state index contributed by atoms with van der Waals surface area (Å²) in [6, 6.07) is 13.6. The number of aryl methyl sites for hydroxylation is 1. The van der Waals surface area contributed by atoms with Crippen LogP contribution < -0.4 is 16.2 Å². The van der Waals surface area contributed by atoms with Gasteiger partial charge in [0.15, 0.2) is 5.65 Å². The van der Waals surface area contributed by atoms with Crippen LogP contribution in [0.3, 0.4) is 0 Å². The summed E-state index contributed by atoms with van der Waals surface area (Å²) in [6.45, 7) is 1.11. The number of rotatable bonds is 9. The van der Waals surface area contributed by atoms with Gasteiger partial charge < -0.3 is 20.8 Å². The summed E-state index contributed by atoms with van der Waals surface area (Å²) in [7, 11) is 0. The van der Waals surface area contributed by atoms with Gasteiger partial charge in [-0.1, -0.05) is 18.2 Å². The van der Waals surface area contributed by atoms with E-state index in [4.69, 9.17) is 0 Å². The summed E-state index contributed by atoms with van der Waals surface area (Å²) in [5.74, 6) is -2.44. The third-order valence-electron chi connectivity index (χ3n) is 6.62. The van der Waals surface area contributed by atoms with E-state index in [0.29, 0.717) is 16.7 Å². The van der Waals surface area contributed by atoms with Crippen LogP contribution in [-0.2, 0) is 6.54 Å². The van der Waals surface area contributed by atoms with Crippen molar-refractivity contribution >= 4 is 22.9 Å². The number of fused-ring (bicyclic) bond motifs is 1. The number of aliphatic hydroxyl groups excluding tert-OH is 2. The molecule has 10 nitrogen and oxygen atoms in total. The van der Waals surface area contributed by atoms with Crippen molar-refractivity contribution in [2.75, 3.05) is 18.5 Å². The number of nitrogens with zero attached hydrogens (tertiary/aromatic N) is 4. The molecular formula is C30H26F2N6O4. The van der Waals surface area contributed by atoms with Gasteiger partial charge in [-0.2, -0.15) is 4.98 Å². The topological polar surface area (TPSA) is 142 Å². The summed E-state index contributed by atoms with van der Waals surface area (Å²) in [4.78, 5) is 39.1. The van der Waals surface area contributed by atoms with E-state index in [9.17, 15) is 28.6 Å². The molecule has 0 unspecified atom stereocenters. The molecule has 5 rings (SSSR count). The molecule has 0 spiro atoms. The van der Waals surface area contributed by atoms with Crippen LogP contribution in [0.15, 0.2) is 77.9 Å². The second-order valence-corrected chi connectivity index (χ2v) is 9.49. The SMILES string of the molecule is Cc1ccc(C(=O)NCc2cccnc2)cc1-c1nc(NC(CO)CO)nc2c1ccc(=O)n2-c1c(F)cccc1F. The minimum atomic E-state index is -0.980. The highest BCUT2D eigenvalue weighted by Crippen LogP contribution is 2.32. The number of aromatic nitrogens is 4. The molecule has 2 aromatic carbocycles. The molecule has 5 aromatic rings. The number of amides is 1. The van der Waals surface area contributed by atoms with Gasteiger partial charge in [0.2, 0.25) is 5.95 Å². The third-order valence-corrected chi connectivity index (χ3v) is 6.62. The summed E-state index contributed by atoms with van der Waals surface area (Å²) in [5, 5.41) is 25.2. The zero-order chi connectivity index (χ0) is 29.8. The maximum atomic E-state index is 14.9. The molecule has 0 aliphatic rings. The number of halogens is 2. The fourth-order valence-electron chi connectivity index (χ4n) is 4.44. The molecule has 0 radical (unpaired) electrons. The summed E-state index contributed by atoms with van der Waals surface area (Å²) >= 11 is 0. The highest BCUT2D eigenvalue weighted by atomic mass is 19.1. The van der Waals surface area contributed by atoms with Gasteiger partial charge in [0.25, 0.3) is 11.5 Å². The molecule has 0 atom stereocenters. The number of anilines is 1. The average Bonchev–Trinajstić information content (AvgIpc) is 3.00. The van der Waals surface area contributed by atoms with Crippen molar-refractivity contribution in [2.24, 2.45) is 0 Å². The van der Waals surface area contributed by atoms with Gasteiger partial charge in [-0.15, -0.1) is 0 Å². The Morgan fingerprint density at radius 3 is 2.45 bits per heavy atom. The second kappa shape index (κ2) is 12.2. The molecule has 0 fully saturated rings. The first-order chi connectivity index (χ1) is 20.3. The molecule has 1 amide bonds. The van der Waals surface area contributed by atoms with Crippen molar-refractivity contribution in [3.05, 3.63) is 112 Å². The van der Waals surface area contributed by atoms with Gasteiger partial charge in [-0.3, -0.25) is 19.1 Å². The molecule has 42 heavy (non-hydrogen) atoms. The second-order valence-electron chi connectivity index (χ2n) is 9.49. The van der Waals surface area contributed by atoms with Crippen LogP contribution in [-0.4, -0.2) is 54.9 Å². The lowest BCUT2D eigenvalue weighted by Gasteiger charge is -2.18. The van der Waals surface area contributed by atoms with Crippen LogP contribution in [0, 0.1) is 18.6 Å². The predicted octanol–water partition coefficient (Wildman–Crippen LogP) is 3.12. The molecule has 0 saturated heterocycles. The quantitative estimate of drug-likeness (QED) is 0.211. The van der Waals surface area contributed by atoms with E-state index < -0.39 is 42.1 Å². The largest absolute Gasteiger partial charge is 0.394 e. The molecule has 0 bridgehead atoms. The molecule has 214 valence electrons. The Morgan fingerprint density at radius 1 is 1.00 bits per heavy atom. The zero-order valence-electron chi connectivity index (χ0n) is 22.4. The van der Waals surface area contributed by atoms with E-state index in [-0.39, 0.29) is 35.1 Å². The molecule has 0 aliphatic carbocycles. The van der Waals surface area contributed by atoms with Gasteiger partial charge in [0.05, 0.1) is 24.9 Å². The Bertz CT molecular complexity index is 1810. The van der Waals surface area contributed by atoms with Crippen LogP contribution in [0.4, 0.5) is 14.7 Å². The number of carbonyl (C=O) groups is 1. The van der Waals surface area contributed by atoms with Gasteiger partial charge in [-0.25, -0.2) is 13.8 Å². The van der Waals surface area contributed by atoms with Gasteiger partial charge >= 0.3 is 0 Å². The van der Waals surface area contributed by atoms with E-state index in [2.05, 4.69) is 25.6 Å². The molecule has 0 aliphatic heterocycles. The molecule has 3 heterocycles. The maximum Gasteiger partial charge on any atom is 0.256 e.